The van der Waals surface area contributed by atoms with Gasteiger partial charge in [-0.05, 0) is 0 Å². The summed E-state index contributed by atoms with van der Waals surface area (Å²) in [4.78, 5) is 0. The van der Waals surface area contributed by atoms with Crippen molar-refractivity contribution in [1.29, 1.82) is 0 Å². The Hall–Kier alpha value is 3.68. The number of rotatable bonds is 0. The van der Waals surface area contributed by atoms with Crippen LogP contribution in [-0.4, -0.2) is 45.5 Å². The van der Waals surface area contributed by atoms with Crippen molar-refractivity contribution in [2.75, 3.05) is 0 Å². The Balaban J connectivity index is -0.00000000167. The Morgan fingerprint density at radius 2 is 1.20 bits per heavy atom. The molecule has 27 valence electrons. The minimum absolute atomic E-state index is 0. The molecule has 0 fully saturated rings. The quantitative estimate of drug-likeness (QED) is 0.479. The van der Waals surface area contributed by atoms with E-state index in [1.165, 1.54) is 0 Å². The van der Waals surface area contributed by atoms with Crippen molar-refractivity contribution >= 4 is 45.5 Å². The summed E-state index contributed by atoms with van der Waals surface area (Å²) >= 11 is 0.700. The summed E-state index contributed by atoms with van der Waals surface area (Å²) < 4.78 is 8.26. The zero-order valence-electron chi connectivity index (χ0n) is 1.75. The van der Waals surface area contributed by atoms with Crippen LogP contribution in [0, 0.1) is 35.6 Å². The molecule has 0 aliphatic rings. The fourth-order valence-electron chi connectivity index (χ4n) is 0. The molecule has 1 radical (unpaired) electrons. The maximum atomic E-state index is 8.26. The van der Waals surface area contributed by atoms with Gasteiger partial charge in [0.1, 0.15) is 0 Å². The van der Waals surface area contributed by atoms with Crippen LogP contribution in [0.3, 0.4) is 0 Å². The third-order valence-electron chi connectivity index (χ3n) is 0. The van der Waals surface area contributed by atoms with Gasteiger partial charge in [-0.15, -0.1) is 0 Å². The van der Waals surface area contributed by atoms with E-state index in [2.05, 4.69) is 0 Å². The van der Waals surface area contributed by atoms with Gasteiger partial charge in [0.2, 0.25) is 0 Å². The van der Waals surface area contributed by atoms with E-state index in [0.717, 1.165) is 0 Å². The van der Waals surface area contributed by atoms with Crippen LogP contribution in [0.15, 0.2) is 0 Å². The molecule has 0 N–H and O–H groups in total. The molecule has 5 heavy (non-hydrogen) atoms. The van der Waals surface area contributed by atoms with E-state index in [1.807, 2.05) is 0 Å². The van der Waals surface area contributed by atoms with Crippen LogP contribution < -0.4 is 0 Å². The molecular weight excluding hydrogens is 394 g/mol. The summed E-state index contributed by atoms with van der Waals surface area (Å²) in [6.45, 7) is 0. The van der Waals surface area contributed by atoms with Crippen molar-refractivity contribution in [2.45, 2.75) is 0 Å². The first-order valence-corrected chi connectivity index (χ1v) is 0.986. The molecule has 0 unspecified atom stereocenters. The van der Waals surface area contributed by atoms with E-state index < -0.39 is 0 Å². The van der Waals surface area contributed by atoms with Gasteiger partial charge in [-0.3, -0.25) is 0 Å². The Morgan fingerprint density at radius 3 is 1.20 bits per heavy atom. The number of hydrogen-bond acceptors (Lipinski definition) is 1. The van der Waals surface area contributed by atoms with Gasteiger partial charge < -0.3 is 0 Å². The standard InChI is InChI=1S/Fe.La.Mo.O.Sr.2H. The SMILES string of the molecule is [Fe].[La].[O]=[Mo].[SrH2]. The average molecular weight is 396 g/mol. The number of hydrogen-bond donors (Lipinski definition) is 0. The van der Waals surface area contributed by atoms with Crippen LogP contribution in [0.25, 0.3) is 0 Å². The van der Waals surface area contributed by atoms with E-state index in [-0.39, 0.29) is 98.1 Å². The first kappa shape index (κ1) is 23.4. The first-order chi connectivity index (χ1) is 1.00. The van der Waals surface area contributed by atoms with Gasteiger partial charge in [0, 0.05) is 52.7 Å². The molecule has 0 heterocycles. The molecular formula is H2FeLaMoOSr. The molecule has 0 saturated heterocycles. The summed E-state index contributed by atoms with van der Waals surface area (Å²) in [6.07, 6.45) is 0. The van der Waals surface area contributed by atoms with Crippen molar-refractivity contribution < 1.29 is 75.8 Å². The second-order valence-corrected chi connectivity index (χ2v) is 0. The topological polar surface area (TPSA) is 17.1 Å². The van der Waals surface area contributed by atoms with Crippen LogP contribution >= 0.6 is 0 Å². The normalized spacial score (nSPS) is 0.800. The second-order valence-electron chi connectivity index (χ2n) is 0. The van der Waals surface area contributed by atoms with Crippen LogP contribution in [0.2, 0.25) is 0 Å². The predicted octanol–water partition coefficient (Wildman–Crippen LogP) is -1.04. The Labute approximate surface area is 118 Å². The van der Waals surface area contributed by atoms with Gasteiger partial charge in [-0.2, -0.15) is 0 Å². The summed E-state index contributed by atoms with van der Waals surface area (Å²) in [5.74, 6) is 0. The van der Waals surface area contributed by atoms with Crippen molar-refractivity contribution in [2.24, 2.45) is 0 Å². The molecule has 0 aliphatic carbocycles. The van der Waals surface area contributed by atoms with Gasteiger partial charge in [-0.25, -0.2) is 0 Å². The maximum absolute atomic E-state index is 8.26. The first-order valence-electron chi connectivity index (χ1n) is 0.167. The third-order valence-corrected chi connectivity index (χ3v) is 0. The Kier molecular flexibility index (Phi) is 118. The molecule has 0 saturated carbocycles. The summed E-state index contributed by atoms with van der Waals surface area (Å²) in [5.41, 5.74) is 0. The monoisotopic (exact) mass is 399 g/mol. The average Bonchev–Trinajstić information content (AvgIpc) is 1.00. The van der Waals surface area contributed by atoms with E-state index in [0.29, 0.717) is 19.8 Å². The molecule has 0 aliphatic heterocycles. The molecule has 0 amide bonds. The van der Waals surface area contributed by atoms with E-state index in [9.17, 15) is 0 Å². The van der Waals surface area contributed by atoms with E-state index in [4.69, 9.17) is 3.40 Å². The molecule has 5 heteroatoms. The van der Waals surface area contributed by atoms with Gasteiger partial charge in [0.25, 0.3) is 0 Å². The van der Waals surface area contributed by atoms with Gasteiger partial charge in [-0.1, -0.05) is 0 Å². The second kappa shape index (κ2) is 25.3. The van der Waals surface area contributed by atoms with Crippen LogP contribution in [0.1, 0.15) is 0 Å². The third kappa shape index (κ3) is 18.3. The van der Waals surface area contributed by atoms with Crippen molar-refractivity contribution in [1.82, 2.24) is 0 Å². The van der Waals surface area contributed by atoms with Crippen molar-refractivity contribution in [3.05, 3.63) is 0 Å². The van der Waals surface area contributed by atoms with Crippen molar-refractivity contribution in [3.63, 3.8) is 0 Å². The molecule has 1 nitrogen and oxygen atoms in total. The molecule has 0 aromatic carbocycles. The minimum atomic E-state index is 0. The van der Waals surface area contributed by atoms with Crippen LogP contribution in [-0.2, 0) is 40.2 Å². The predicted molar refractivity (Wildman–Crippen MR) is 9.23 cm³/mol. The fourth-order valence-corrected chi connectivity index (χ4v) is 0. The van der Waals surface area contributed by atoms with Crippen LogP contribution in [0.5, 0.6) is 0 Å². The molecule has 0 aromatic heterocycles. The summed E-state index contributed by atoms with van der Waals surface area (Å²) in [5, 5.41) is 0. The molecule has 0 rings (SSSR count). The van der Waals surface area contributed by atoms with Crippen LogP contribution in [0.4, 0.5) is 0 Å². The van der Waals surface area contributed by atoms with Gasteiger partial charge in [0.15, 0.2) is 0 Å². The summed E-state index contributed by atoms with van der Waals surface area (Å²) in [6, 6.07) is 0. The van der Waals surface area contributed by atoms with E-state index >= 15 is 0 Å². The Morgan fingerprint density at radius 1 is 1.20 bits per heavy atom. The molecule has 0 atom stereocenters. The zero-order valence-corrected chi connectivity index (χ0v) is 8.48. The molecule has 0 bridgehead atoms. The Bertz CT molecular complexity index is 11.6. The molecule has 0 aromatic rings. The zero-order chi connectivity index (χ0) is 2.00. The van der Waals surface area contributed by atoms with Gasteiger partial charge in [0.05, 0.1) is 0 Å². The summed E-state index contributed by atoms with van der Waals surface area (Å²) in [7, 11) is 0. The fraction of sp³-hybridized carbons (Fsp3) is 0. The van der Waals surface area contributed by atoms with Gasteiger partial charge >= 0.3 is 68.7 Å². The van der Waals surface area contributed by atoms with Crippen molar-refractivity contribution in [3.8, 4) is 0 Å². The molecule has 0 spiro atoms. The van der Waals surface area contributed by atoms with E-state index in [1.54, 1.807) is 0 Å².